The van der Waals surface area contributed by atoms with Gasteiger partial charge in [-0.15, -0.1) is 0 Å². The largest absolute Gasteiger partial charge is 0.342 e. The molecule has 2 aliphatic heterocycles. The zero-order valence-corrected chi connectivity index (χ0v) is 17.0. The Labute approximate surface area is 167 Å². The fourth-order valence-corrected chi connectivity index (χ4v) is 4.45. The molecule has 1 amide bonds. The first kappa shape index (κ1) is 19.1. The topological polar surface area (TPSA) is 49.3 Å². The van der Waals surface area contributed by atoms with Crippen LogP contribution in [0.3, 0.4) is 0 Å². The highest BCUT2D eigenvalue weighted by Crippen LogP contribution is 2.29. The number of aryl methyl sites for hydroxylation is 1. The maximum atomic E-state index is 13.0. The van der Waals surface area contributed by atoms with E-state index in [0.717, 1.165) is 68.8 Å². The molecular weight excluding hydrogens is 348 g/mol. The molecule has 0 spiro atoms. The minimum atomic E-state index is 0.194. The smallest absolute Gasteiger partial charge is 0.225 e. The summed E-state index contributed by atoms with van der Waals surface area (Å²) in [5.41, 5.74) is 4.25. The number of benzene rings is 1. The van der Waals surface area contributed by atoms with Crippen LogP contribution < -0.4 is 0 Å². The van der Waals surface area contributed by atoms with E-state index >= 15 is 0 Å². The fraction of sp³-hybridized carbons (Fsp3) is 0.522. The van der Waals surface area contributed by atoms with Crippen LogP contribution in [0.25, 0.3) is 11.3 Å². The lowest BCUT2D eigenvalue weighted by atomic mass is 9.91. The lowest BCUT2D eigenvalue weighted by Crippen LogP contribution is -2.45. The first-order chi connectivity index (χ1) is 13.6. The minimum Gasteiger partial charge on any atom is -0.342 e. The van der Waals surface area contributed by atoms with Crippen molar-refractivity contribution in [1.29, 1.82) is 0 Å². The molecule has 0 aliphatic carbocycles. The van der Waals surface area contributed by atoms with Crippen molar-refractivity contribution >= 4 is 5.91 Å². The van der Waals surface area contributed by atoms with E-state index in [1.807, 2.05) is 12.4 Å². The zero-order chi connectivity index (χ0) is 19.5. The molecule has 0 bridgehead atoms. The molecule has 1 aromatic carbocycles. The molecule has 4 rings (SSSR count). The Morgan fingerprint density at radius 2 is 1.93 bits per heavy atom. The lowest BCUT2D eigenvalue weighted by molar-refractivity contribution is -0.138. The Hall–Kier alpha value is -2.27. The number of carbonyl (C=O) groups excluding carboxylic acids is 1. The fourth-order valence-electron chi connectivity index (χ4n) is 4.45. The number of rotatable bonds is 3. The molecule has 5 nitrogen and oxygen atoms in total. The molecule has 148 valence electrons. The Morgan fingerprint density at radius 3 is 2.71 bits per heavy atom. The van der Waals surface area contributed by atoms with Gasteiger partial charge in [0.1, 0.15) is 0 Å². The van der Waals surface area contributed by atoms with Gasteiger partial charge in [0.05, 0.1) is 17.6 Å². The molecule has 5 heteroatoms. The molecule has 1 aromatic heterocycles. The van der Waals surface area contributed by atoms with Crippen LogP contribution >= 0.6 is 0 Å². The van der Waals surface area contributed by atoms with Gasteiger partial charge >= 0.3 is 0 Å². The number of nitrogens with zero attached hydrogens (tertiary/aromatic N) is 4. The SMILES string of the molecule is Cc1cccc(-c2cncc(C3CCCN(C(=O)C4CCN(C)CC4)C3)n2)c1. The molecule has 0 radical (unpaired) electrons. The second kappa shape index (κ2) is 8.39. The summed E-state index contributed by atoms with van der Waals surface area (Å²) in [4.78, 5) is 26.8. The number of hydrogen-bond donors (Lipinski definition) is 0. The molecule has 1 atom stereocenters. The first-order valence-corrected chi connectivity index (χ1v) is 10.5. The van der Waals surface area contributed by atoms with E-state index in [4.69, 9.17) is 4.98 Å². The normalized spacial score (nSPS) is 21.6. The highest BCUT2D eigenvalue weighted by atomic mass is 16.2. The molecule has 2 fully saturated rings. The third kappa shape index (κ3) is 4.25. The van der Waals surface area contributed by atoms with Crippen molar-refractivity contribution < 1.29 is 4.79 Å². The van der Waals surface area contributed by atoms with Crippen LogP contribution in [-0.2, 0) is 4.79 Å². The van der Waals surface area contributed by atoms with Gasteiger partial charge in [-0.25, -0.2) is 4.98 Å². The first-order valence-electron chi connectivity index (χ1n) is 10.5. The van der Waals surface area contributed by atoms with Crippen LogP contribution in [0.2, 0.25) is 0 Å². The number of amides is 1. The van der Waals surface area contributed by atoms with E-state index in [0.29, 0.717) is 5.91 Å². The lowest BCUT2D eigenvalue weighted by Gasteiger charge is -2.37. The van der Waals surface area contributed by atoms with Gasteiger partial charge in [0.15, 0.2) is 0 Å². The Morgan fingerprint density at radius 1 is 1.11 bits per heavy atom. The number of carbonyl (C=O) groups is 1. The predicted molar refractivity (Wildman–Crippen MR) is 111 cm³/mol. The molecule has 3 heterocycles. The summed E-state index contributed by atoms with van der Waals surface area (Å²) in [6.45, 7) is 5.80. The van der Waals surface area contributed by atoms with E-state index in [1.54, 1.807) is 0 Å². The van der Waals surface area contributed by atoms with Crippen molar-refractivity contribution in [3.63, 3.8) is 0 Å². The van der Waals surface area contributed by atoms with E-state index in [9.17, 15) is 4.79 Å². The van der Waals surface area contributed by atoms with E-state index in [2.05, 4.69) is 53.0 Å². The van der Waals surface area contributed by atoms with Gasteiger partial charge in [-0.1, -0.05) is 23.8 Å². The summed E-state index contributed by atoms with van der Waals surface area (Å²) in [5.74, 6) is 0.821. The summed E-state index contributed by atoms with van der Waals surface area (Å²) in [6, 6.07) is 8.37. The second-order valence-electron chi connectivity index (χ2n) is 8.40. The van der Waals surface area contributed by atoms with Crippen LogP contribution in [0.5, 0.6) is 0 Å². The van der Waals surface area contributed by atoms with Crippen LogP contribution in [-0.4, -0.2) is 58.9 Å². The average molecular weight is 379 g/mol. The van der Waals surface area contributed by atoms with Crippen LogP contribution in [0.15, 0.2) is 36.7 Å². The number of aromatic nitrogens is 2. The van der Waals surface area contributed by atoms with E-state index < -0.39 is 0 Å². The van der Waals surface area contributed by atoms with E-state index in [1.165, 1.54) is 5.56 Å². The third-order valence-corrected chi connectivity index (χ3v) is 6.19. The Balaban J connectivity index is 1.47. The van der Waals surface area contributed by atoms with Crippen molar-refractivity contribution in [1.82, 2.24) is 19.8 Å². The van der Waals surface area contributed by atoms with Crippen LogP contribution in [0, 0.1) is 12.8 Å². The number of piperidine rings is 2. The average Bonchev–Trinajstić information content (AvgIpc) is 2.74. The number of likely N-dealkylation sites (tertiary alicyclic amines) is 2. The standard InChI is InChI=1S/C23H30N4O/c1-17-5-3-6-19(13-17)21-14-24-15-22(25-21)20-7-4-10-27(16-20)23(28)18-8-11-26(2)12-9-18/h3,5-6,13-15,18,20H,4,7-12,16H2,1-2H3. The maximum absolute atomic E-state index is 13.0. The minimum absolute atomic E-state index is 0.194. The van der Waals surface area contributed by atoms with E-state index in [-0.39, 0.29) is 11.8 Å². The predicted octanol–water partition coefficient (Wildman–Crippen LogP) is 3.50. The monoisotopic (exact) mass is 378 g/mol. The van der Waals surface area contributed by atoms with Gasteiger partial charge in [0.2, 0.25) is 5.91 Å². The summed E-state index contributed by atoms with van der Waals surface area (Å²) < 4.78 is 0. The van der Waals surface area contributed by atoms with Gasteiger partial charge in [0, 0.05) is 36.7 Å². The van der Waals surface area contributed by atoms with Crippen LogP contribution in [0.1, 0.15) is 42.9 Å². The summed E-state index contributed by atoms with van der Waals surface area (Å²) in [7, 11) is 2.14. The van der Waals surface area contributed by atoms with Crippen molar-refractivity contribution in [3.8, 4) is 11.3 Å². The zero-order valence-electron chi connectivity index (χ0n) is 17.0. The van der Waals surface area contributed by atoms with Crippen molar-refractivity contribution in [2.45, 2.75) is 38.5 Å². The summed E-state index contributed by atoms with van der Waals surface area (Å²) in [6.07, 6.45) is 7.80. The molecular formula is C23H30N4O. The van der Waals surface area contributed by atoms with Gasteiger partial charge in [0.25, 0.3) is 0 Å². The summed E-state index contributed by atoms with van der Waals surface area (Å²) in [5, 5.41) is 0. The summed E-state index contributed by atoms with van der Waals surface area (Å²) >= 11 is 0. The molecule has 1 unspecified atom stereocenters. The third-order valence-electron chi connectivity index (χ3n) is 6.19. The van der Waals surface area contributed by atoms with Gasteiger partial charge in [-0.05, 0) is 58.8 Å². The highest BCUT2D eigenvalue weighted by molar-refractivity contribution is 5.79. The quantitative estimate of drug-likeness (QED) is 0.820. The molecule has 0 N–H and O–H groups in total. The Bertz CT molecular complexity index is 829. The van der Waals surface area contributed by atoms with Crippen molar-refractivity contribution in [2.24, 2.45) is 5.92 Å². The Kier molecular flexibility index (Phi) is 5.72. The van der Waals surface area contributed by atoms with Crippen LogP contribution in [0.4, 0.5) is 0 Å². The molecule has 28 heavy (non-hydrogen) atoms. The second-order valence-corrected chi connectivity index (χ2v) is 8.40. The van der Waals surface area contributed by atoms with Gasteiger partial charge in [-0.3, -0.25) is 9.78 Å². The molecule has 2 aliphatic rings. The molecule has 0 saturated carbocycles. The van der Waals surface area contributed by atoms with Gasteiger partial charge in [-0.2, -0.15) is 0 Å². The molecule has 2 aromatic rings. The van der Waals surface area contributed by atoms with Gasteiger partial charge < -0.3 is 9.80 Å². The maximum Gasteiger partial charge on any atom is 0.225 e. The molecule has 2 saturated heterocycles. The van der Waals surface area contributed by atoms with Crippen molar-refractivity contribution in [3.05, 3.63) is 47.9 Å². The van der Waals surface area contributed by atoms with Crippen molar-refractivity contribution in [2.75, 3.05) is 33.2 Å². The highest BCUT2D eigenvalue weighted by Gasteiger charge is 2.31. The number of hydrogen-bond acceptors (Lipinski definition) is 4.